The van der Waals surface area contributed by atoms with Crippen molar-refractivity contribution in [1.29, 1.82) is 5.26 Å². The fourth-order valence-electron chi connectivity index (χ4n) is 3.10. The van der Waals surface area contributed by atoms with Gasteiger partial charge in [0.1, 0.15) is 16.6 Å². The molecule has 0 fully saturated rings. The zero-order chi connectivity index (χ0) is 22.0. The van der Waals surface area contributed by atoms with Crippen LogP contribution in [-0.4, -0.2) is 16.1 Å². The van der Waals surface area contributed by atoms with Crippen LogP contribution in [0.15, 0.2) is 58.7 Å². The van der Waals surface area contributed by atoms with Crippen molar-refractivity contribution in [3.63, 3.8) is 0 Å². The second-order valence-corrected chi connectivity index (χ2v) is 8.33. The Labute approximate surface area is 188 Å². The third-order valence-electron chi connectivity index (χ3n) is 4.70. The number of H-pyrrole nitrogens is 1. The number of thiophene rings is 1. The average Bonchev–Trinajstić information content (AvgIpc) is 3.20. The van der Waals surface area contributed by atoms with E-state index in [0.29, 0.717) is 26.8 Å². The van der Waals surface area contributed by atoms with Gasteiger partial charge in [0.2, 0.25) is 0 Å². The first-order valence-electron chi connectivity index (χ1n) is 9.57. The number of aromatic amines is 1. The van der Waals surface area contributed by atoms with E-state index in [1.165, 1.54) is 11.3 Å². The maximum Gasteiger partial charge on any atom is 0.260 e. The van der Waals surface area contributed by atoms with Crippen LogP contribution in [-0.2, 0) is 0 Å². The van der Waals surface area contributed by atoms with Crippen molar-refractivity contribution in [2.24, 2.45) is 0 Å². The number of nitriles is 1. The van der Waals surface area contributed by atoms with Crippen molar-refractivity contribution in [3.8, 4) is 22.9 Å². The van der Waals surface area contributed by atoms with Gasteiger partial charge in [-0.15, -0.1) is 11.3 Å². The second-order valence-electron chi connectivity index (χ2n) is 7.06. The number of aryl methyl sites for hydroxylation is 1. The molecule has 1 atom stereocenters. The average molecular weight is 448 g/mol. The summed E-state index contributed by atoms with van der Waals surface area (Å²) >= 11 is 7.87. The molecule has 2 aromatic heterocycles. The summed E-state index contributed by atoms with van der Waals surface area (Å²) in [7, 11) is 0. The van der Waals surface area contributed by atoms with Crippen LogP contribution in [0.4, 0.5) is 0 Å². The molecule has 0 aliphatic heterocycles. The lowest BCUT2D eigenvalue weighted by Crippen LogP contribution is -2.10. The number of nitrogens with one attached hydrogen (secondary N) is 1. The fourth-order valence-corrected chi connectivity index (χ4v) is 4.26. The van der Waals surface area contributed by atoms with Crippen molar-refractivity contribution < 1.29 is 4.74 Å². The largest absolute Gasteiger partial charge is 0.476 e. The van der Waals surface area contributed by atoms with Crippen LogP contribution in [0.2, 0.25) is 0 Å². The molecule has 0 aliphatic rings. The predicted octanol–water partition coefficient (Wildman–Crippen LogP) is 5.99. The molecule has 154 valence electrons. The molecule has 5 nitrogen and oxygen atoms in total. The summed E-state index contributed by atoms with van der Waals surface area (Å²) in [5.41, 5.74) is 3.59. The SMILES string of the molecule is Cc1ccc(-c2csc3nc(/C(Cl)=C\c4ccc(OC(C)C#N)cc4)[nH]c(=O)c23)cc1. The summed E-state index contributed by atoms with van der Waals surface area (Å²) in [6.45, 7) is 3.70. The van der Waals surface area contributed by atoms with Gasteiger partial charge in [-0.1, -0.05) is 53.6 Å². The van der Waals surface area contributed by atoms with Gasteiger partial charge in [0.25, 0.3) is 5.56 Å². The minimum absolute atomic E-state index is 0.224. The molecule has 0 saturated heterocycles. The number of aromatic nitrogens is 2. The number of rotatable bonds is 5. The molecule has 1 N–H and O–H groups in total. The molecular formula is C24H18ClN3O2S. The van der Waals surface area contributed by atoms with E-state index in [1.807, 2.05) is 54.8 Å². The van der Waals surface area contributed by atoms with E-state index < -0.39 is 6.10 Å². The number of nitrogens with zero attached hydrogens (tertiary/aromatic N) is 2. The highest BCUT2D eigenvalue weighted by molar-refractivity contribution is 7.17. The van der Waals surface area contributed by atoms with E-state index in [4.69, 9.17) is 21.6 Å². The molecule has 31 heavy (non-hydrogen) atoms. The van der Waals surface area contributed by atoms with Crippen LogP contribution in [0.1, 0.15) is 23.9 Å². The number of hydrogen-bond donors (Lipinski definition) is 1. The Balaban J connectivity index is 1.65. The number of hydrogen-bond acceptors (Lipinski definition) is 5. The minimum atomic E-state index is -0.526. The molecule has 1 unspecified atom stereocenters. The van der Waals surface area contributed by atoms with Crippen molar-refractivity contribution in [3.05, 3.63) is 81.2 Å². The van der Waals surface area contributed by atoms with E-state index in [0.717, 1.165) is 22.3 Å². The van der Waals surface area contributed by atoms with Gasteiger partial charge in [-0.25, -0.2) is 4.98 Å². The van der Waals surface area contributed by atoms with Crippen LogP contribution in [0, 0.1) is 18.3 Å². The molecule has 4 aromatic rings. The van der Waals surface area contributed by atoms with Gasteiger partial charge in [0, 0.05) is 10.9 Å². The molecule has 0 radical (unpaired) electrons. The van der Waals surface area contributed by atoms with Gasteiger partial charge < -0.3 is 9.72 Å². The zero-order valence-electron chi connectivity index (χ0n) is 16.8. The second kappa shape index (κ2) is 8.76. The summed E-state index contributed by atoms with van der Waals surface area (Å²) in [6.07, 6.45) is 1.19. The monoisotopic (exact) mass is 447 g/mol. The van der Waals surface area contributed by atoms with E-state index in [2.05, 4.69) is 9.97 Å². The Hall–Kier alpha value is -3.40. The summed E-state index contributed by atoms with van der Waals surface area (Å²) in [5, 5.41) is 11.7. The molecule has 0 amide bonds. The van der Waals surface area contributed by atoms with E-state index in [1.54, 1.807) is 25.1 Å². The third kappa shape index (κ3) is 4.53. The maximum absolute atomic E-state index is 12.8. The highest BCUT2D eigenvalue weighted by atomic mass is 35.5. The van der Waals surface area contributed by atoms with Gasteiger partial charge >= 0.3 is 0 Å². The van der Waals surface area contributed by atoms with E-state index in [9.17, 15) is 4.79 Å². The maximum atomic E-state index is 12.8. The fraction of sp³-hybridized carbons (Fsp3) is 0.125. The standard InChI is InChI=1S/C24H18ClN3O2S/c1-14-3-7-17(8-4-14)19-13-31-24-21(19)23(29)27-22(28-24)20(25)11-16-5-9-18(10-6-16)30-15(2)12-26/h3-11,13,15H,1-2H3,(H,27,28,29)/b20-11+. The highest BCUT2D eigenvalue weighted by Crippen LogP contribution is 2.32. The molecule has 2 aromatic carbocycles. The Morgan fingerprint density at radius 2 is 1.94 bits per heavy atom. The van der Waals surface area contributed by atoms with Gasteiger partial charge in [-0.3, -0.25) is 4.79 Å². The molecule has 7 heteroatoms. The number of halogens is 1. The zero-order valence-corrected chi connectivity index (χ0v) is 18.4. The first-order chi connectivity index (χ1) is 14.9. The normalized spacial score (nSPS) is 12.5. The van der Waals surface area contributed by atoms with Gasteiger partial charge in [-0.2, -0.15) is 5.26 Å². The molecule has 0 bridgehead atoms. The van der Waals surface area contributed by atoms with Gasteiger partial charge in [-0.05, 0) is 43.2 Å². The molecule has 2 heterocycles. The van der Waals surface area contributed by atoms with Crippen molar-refractivity contribution in [2.45, 2.75) is 20.0 Å². The van der Waals surface area contributed by atoms with Crippen molar-refractivity contribution >= 4 is 44.3 Å². The summed E-state index contributed by atoms with van der Waals surface area (Å²) in [5.74, 6) is 0.910. The third-order valence-corrected chi connectivity index (χ3v) is 5.86. The van der Waals surface area contributed by atoms with Crippen molar-refractivity contribution in [2.75, 3.05) is 0 Å². The summed E-state index contributed by atoms with van der Waals surface area (Å²) < 4.78 is 5.44. The van der Waals surface area contributed by atoms with Crippen LogP contribution in [0.25, 0.3) is 32.5 Å². The lowest BCUT2D eigenvalue weighted by Gasteiger charge is -2.07. The highest BCUT2D eigenvalue weighted by Gasteiger charge is 2.14. The Morgan fingerprint density at radius 3 is 2.61 bits per heavy atom. The summed E-state index contributed by atoms with van der Waals surface area (Å²) in [6, 6.07) is 17.2. The van der Waals surface area contributed by atoms with Gasteiger partial charge in [0.05, 0.1) is 10.4 Å². The molecule has 0 saturated carbocycles. The van der Waals surface area contributed by atoms with E-state index >= 15 is 0 Å². The first kappa shape index (κ1) is 20.9. The van der Waals surface area contributed by atoms with Crippen LogP contribution in [0.3, 0.4) is 0 Å². The Kier molecular flexibility index (Phi) is 5.90. The quantitative estimate of drug-likeness (QED) is 0.407. The molecule has 0 aliphatic carbocycles. The molecule has 4 rings (SSSR count). The first-order valence-corrected chi connectivity index (χ1v) is 10.8. The number of benzene rings is 2. The Morgan fingerprint density at radius 1 is 1.23 bits per heavy atom. The predicted molar refractivity (Wildman–Crippen MR) is 126 cm³/mol. The molecule has 0 spiro atoms. The van der Waals surface area contributed by atoms with E-state index in [-0.39, 0.29) is 5.56 Å². The minimum Gasteiger partial charge on any atom is -0.476 e. The number of fused-ring (bicyclic) bond motifs is 1. The lowest BCUT2D eigenvalue weighted by atomic mass is 10.1. The number of ether oxygens (including phenoxy) is 1. The Bertz CT molecular complexity index is 1360. The smallest absolute Gasteiger partial charge is 0.260 e. The molecular weight excluding hydrogens is 430 g/mol. The van der Waals surface area contributed by atoms with Crippen molar-refractivity contribution in [1.82, 2.24) is 9.97 Å². The lowest BCUT2D eigenvalue weighted by molar-refractivity contribution is 0.276. The summed E-state index contributed by atoms with van der Waals surface area (Å²) in [4.78, 5) is 20.8. The van der Waals surface area contributed by atoms with Crippen LogP contribution in [0.5, 0.6) is 5.75 Å². The van der Waals surface area contributed by atoms with Crippen LogP contribution < -0.4 is 10.3 Å². The van der Waals surface area contributed by atoms with Gasteiger partial charge in [0.15, 0.2) is 11.9 Å². The van der Waals surface area contributed by atoms with Crippen LogP contribution >= 0.6 is 22.9 Å². The topological polar surface area (TPSA) is 78.8 Å².